The first kappa shape index (κ1) is 12.3. The van der Waals surface area contributed by atoms with Crippen LogP contribution >= 0.6 is 0 Å². The van der Waals surface area contributed by atoms with Gasteiger partial charge in [-0.1, -0.05) is 0 Å². The van der Waals surface area contributed by atoms with Crippen molar-refractivity contribution in [3.05, 3.63) is 0 Å². The fraction of sp³-hybridized carbons (Fsp3) is 1.00. The number of piperidine rings is 1. The summed E-state index contributed by atoms with van der Waals surface area (Å²) in [7, 11) is -3.04. The van der Waals surface area contributed by atoms with E-state index in [1.165, 1.54) is 0 Å². The van der Waals surface area contributed by atoms with Crippen LogP contribution < -0.4 is 5.32 Å². The lowest BCUT2D eigenvalue weighted by Crippen LogP contribution is -2.41. The lowest BCUT2D eigenvalue weighted by molar-refractivity contribution is 0.218. The molecule has 0 aromatic rings. The molecule has 0 aromatic heterocycles. The summed E-state index contributed by atoms with van der Waals surface area (Å²) in [5.41, 5.74) is 0.271. The summed E-state index contributed by atoms with van der Waals surface area (Å²) in [6, 6.07) is 0. The van der Waals surface area contributed by atoms with Gasteiger partial charge in [-0.15, -0.1) is 0 Å². The van der Waals surface area contributed by atoms with Crippen molar-refractivity contribution in [2.45, 2.75) is 38.4 Å². The van der Waals surface area contributed by atoms with E-state index in [4.69, 9.17) is 0 Å². The molecule has 4 nitrogen and oxygen atoms in total. The minimum Gasteiger partial charge on any atom is -0.317 e. The molecule has 16 heavy (non-hydrogen) atoms. The maximum Gasteiger partial charge on any atom is 0.216 e. The summed E-state index contributed by atoms with van der Waals surface area (Å²) in [4.78, 5) is 0. The Balaban J connectivity index is 2.08. The molecule has 2 fully saturated rings. The molecule has 2 aliphatic heterocycles. The predicted octanol–water partition coefficient (Wildman–Crippen LogP) is 0.800. The molecule has 2 rings (SSSR count). The zero-order chi connectivity index (χ0) is 11.8. The van der Waals surface area contributed by atoms with Crippen LogP contribution in [0.2, 0.25) is 0 Å². The van der Waals surface area contributed by atoms with E-state index in [1.54, 1.807) is 18.2 Å². The van der Waals surface area contributed by atoms with Crippen LogP contribution in [0, 0.1) is 5.41 Å². The van der Waals surface area contributed by atoms with E-state index in [0.717, 1.165) is 45.4 Å². The summed E-state index contributed by atoms with van der Waals surface area (Å²) < 4.78 is 25.8. The number of rotatable bonds is 2. The maximum absolute atomic E-state index is 12.1. The second-order valence-electron chi connectivity index (χ2n) is 5.43. The first-order valence-corrected chi connectivity index (χ1v) is 7.66. The fourth-order valence-corrected chi connectivity index (χ4v) is 4.17. The Labute approximate surface area is 98.4 Å². The topological polar surface area (TPSA) is 49.4 Å². The summed E-state index contributed by atoms with van der Waals surface area (Å²) in [6.07, 6.45) is 3.29. The summed E-state index contributed by atoms with van der Waals surface area (Å²) in [5.74, 6) is 0. The third-order valence-electron chi connectivity index (χ3n) is 4.02. The van der Waals surface area contributed by atoms with Crippen LogP contribution in [0.15, 0.2) is 0 Å². The molecule has 1 N–H and O–H groups in total. The van der Waals surface area contributed by atoms with Gasteiger partial charge >= 0.3 is 0 Å². The molecule has 0 radical (unpaired) electrons. The van der Waals surface area contributed by atoms with E-state index in [0.29, 0.717) is 0 Å². The van der Waals surface area contributed by atoms with E-state index in [9.17, 15) is 8.42 Å². The van der Waals surface area contributed by atoms with Gasteiger partial charge < -0.3 is 5.32 Å². The SMILES string of the molecule is CC(C)S(=O)(=O)N1CCC2(CCNCC2)C1. The number of hydrogen-bond acceptors (Lipinski definition) is 3. The molecule has 0 aliphatic carbocycles. The number of sulfonamides is 1. The Morgan fingerprint density at radius 1 is 1.19 bits per heavy atom. The number of nitrogens with zero attached hydrogens (tertiary/aromatic N) is 1. The Bertz CT molecular complexity index is 345. The molecule has 2 aliphatic rings. The summed E-state index contributed by atoms with van der Waals surface area (Å²) in [6.45, 7) is 7.08. The van der Waals surface area contributed by atoms with Crippen LogP contribution in [0.25, 0.3) is 0 Å². The van der Waals surface area contributed by atoms with E-state index in [-0.39, 0.29) is 10.7 Å². The van der Waals surface area contributed by atoms with Crippen LogP contribution in [-0.2, 0) is 10.0 Å². The maximum atomic E-state index is 12.1. The fourth-order valence-electron chi connectivity index (χ4n) is 2.77. The monoisotopic (exact) mass is 246 g/mol. The third-order valence-corrected chi connectivity index (χ3v) is 6.25. The van der Waals surface area contributed by atoms with Crippen molar-refractivity contribution < 1.29 is 8.42 Å². The van der Waals surface area contributed by atoms with Crippen LogP contribution in [0.1, 0.15) is 33.1 Å². The van der Waals surface area contributed by atoms with Crippen LogP contribution in [0.5, 0.6) is 0 Å². The van der Waals surface area contributed by atoms with Gasteiger partial charge in [0.2, 0.25) is 10.0 Å². The van der Waals surface area contributed by atoms with Crippen molar-refractivity contribution in [3.8, 4) is 0 Å². The lowest BCUT2D eigenvalue weighted by Gasteiger charge is -2.33. The standard InChI is InChI=1S/C11H22N2O2S/c1-10(2)16(14,15)13-8-5-11(9-13)3-6-12-7-4-11/h10,12H,3-9H2,1-2H3. The highest BCUT2D eigenvalue weighted by atomic mass is 32.2. The molecule has 2 heterocycles. The van der Waals surface area contributed by atoms with E-state index in [2.05, 4.69) is 5.32 Å². The van der Waals surface area contributed by atoms with Crippen LogP contribution in [0.4, 0.5) is 0 Å². The zero-order valence-electron chi connectivity index (χ0n) is 10.2. The molecule has 0 unspecified atom stereocenters. The van der Waals surface area contributed by atoms with Crippen LogP contribution in [-0.4, -0.2) is 44.2 Å². The lowest BCUT2D eigenvalue weighted by atomic mass is 9.78. The second kappa shape index (κ2) is 4.27. The zero-order valence-corrected chi connectivity index (χ0v) is 11.0. The summed E-state index contributed by atoms with van der Waals surface area (Å²) in [5, 5.41) is 3.06. The highest BCUT2D eigenvalue weighted by Crippen LogP contribution is 2.39. The van der Waals surface area contributed by atoms with Crippen molar-refractivity contribution >= 4 is 10.0 Å². The molecule has 94 valence electrons. The molecular weight excluding hydrogens is 224 g/mol. The van der Waals surface area contributed by atoms with Crippen molar-refractivity contribution in [3.63, 3.8) is 0 Å². The quantitative estimate of drug-likeness (QED) is 0.784. The van der Waals surface area contributed by atoms with Gasteiger partial charge in [-0.2, -0.15) is 0 Å². The van der Waals surface area contributed by atoms with Gasteiger partial charge in [0.15, 0.2) is 0 Å². The first-order valence-electron chi connectivity index (χ1n) is 6.16. The molecule has 5 heteroatoms. The summed E-state index contributed by atoms with van der Waals surface area (Å²) >= 11 is 0. The van der Waals surface area contributed by atoms with Gasteiger partial charge in [0.25, 0.3) is 0 Å². The highest BCUT2D eigenvalue weighted by Gasteiger charge is 2.43. The minimum absolute atomic E-state index is 0.271. The molecule has 0 amide bonds. The Kier molecular flexibility index (Phi) is 3.29. The van der Waals surface area contributed by atoms with Crippen molar-refractivity contribution in [2.24, 2.45) is 5.41 Å². The molecule has 2 saturated heterocycles. The van der Waals surface area contributed by atoms with E-state index < -0.39 is 10.0 Å². The van der Waals surface area contributed by atoms with E-state index in [1.807, 2.05) is 0 Å². The van der Waals surface area contributed by atoms with Crippen LogP contribution in [0.3, 0.4) is 0 Å². The van der Waals surface area contributed by atoms with Gasteiger partial charge in [0.05, 0.1) is 5.25 Å². The van der Waals surface area contributed by atoms with Gasteiger partial charge in [0, 0.05) is 13.1 Å². The largest absolute Gasteiger partial charge is 0.317 e. The molecule has 0 saturated carbocycles. The highest BCUT2D eigenvalue weighted by molar-refractivity contribution is 7.89. The number of hydrogen-bond donors (Lipinski definition) is 1. The third kappa shape index (κ3) is 2.13. The van der Waals surface area contributed by atoms with Crippen molar-refractivity contribution in [1.29, 1.82) is 0 Å². The van der Waals surface area contributed by atoms with Crippen molar-refractivity contribution in [2.75, 3.05) is 26.2 Å². The normalized spacial score (nSPS) is 26.7. The Morgan fingerprint density at radius 2 is 1.81 bits per heavy atom. The average molecular weight is 246 g/mol. The molecule has 0 bridgehead atoms. The van der Waals surface area contributed by atoms with Crippen molar-refractivity contribution in [1.82, 2.24) is 9.62 Å². The molecule has 1 spiro atoms. The number of nitrogens with one attached hydrogen (secondary N) is 1. The average Bonchev–Trinajstić information content (AvgIpc) is 2.64. The van der Waals surface area contributed by atoms with Gasteiger partial charge in [-0.25, -0.2) is 12.7 Å². The Hall–Kier alpha value is -0.130. The molecule has 0 aromatic carbocycles. The van der Waals surface area contributed by atoms with Gasteiger partial charge in [0.1, 0.15) is 0 Å². The molecular formula is C11H22N2O2S. The van der Waals surface area contributed by atoms with Gasteiger partial charge in [-0.05, 0) is 51.6 Å². The first-order chi connectivity index (χ1) is 7.46. The van der Waals surface area contributed by atoms with Gasteiger partial charge in [-0.3, -0.25) is 0 Å². The second-order valence-corrected chi connectivity index (χ2v) is 7.92. The predicted molar refractivity (Wildman–Crippen MR) is 64.8 cm³/mol. The molecule has 0 atom stereocenters. The van der Waals surface area contributed by atoms with E-state index >= 15 is 0 Å². The minimum atomic E-state index is -3.04. The Morgan fingerprint density at radius 3 is 2.38 bits per heavy atom. The smallest absolute Gasteiger partial charge is 0.216 e.